The molecule has 46 heavy (non-hydrogen) atoms. The highest BCUT2D eigenvalue weighted by atomic mass is 17.3. The molecule has 0 N–H and O–H groups in total. The normalized spacial score (nSPS) is 57.7. The average molecular weight is 646 g/mol. The Morgan fingerprint density at radius 1 is 0.652 bits per heavy atom. The summed E-state index contributed by atoms with van der Waals surface area (Å²) >= 11 is 0. The van der Waals surface area contributed by atoms with Crippen LogP contribution in [0.15, 0.2) is 5.16 Å². The van der Waals surface area contributed by atoms with Gasteiger partial charge in [0, 0.05) is 31.1 Å². The SMILES string of the molecule is C[C@H]1[C@@H](/C(C[C@H]2O[C@@H]3O[C@@]4(C)CC[C@H]5[C@H](C)CC[C@@H]([C@H]2C)[C@@]35OO4)=N\OCC2CC2)O[C@@H]2O[C@@]3(C)CC[C@H]4[C@H](C)CC[C@@H]1[C@@]24OO3. The zero-order chi connectivity index (χ0) is 31.6. The number of hydrogen-bond donors (Lipinski definition) is 0. The van der Waals surface area contributed by atoms with Gasteiger partial charge in [-0.05, 0) is 107 Å². The van der Waals surface area contributed by atoms with Gasteiger partial charge in [-0.25, -0.2) is 19.6 Å². The summed E-state index contributed by atoms with van der Waals surface area (Å²) in [5.74, 6) is 1.50. The van der Waals surface area contributed by atoms with E-state index in [1.807, 2.05) is 13.8 Å². The maximum atomic E-state index is 7.09. The van der Waals surface area contributed by atoms with Crippen molar-refractivity contribution in [2.24, 2.45) is 58.4 Å². The lowest BCUT2D eigenvalue weighted by Gasteiger charge is -2.61. The molecule has 0 aromatic carbocycles. The monoisotopic (exact) mass is 645 g/mol. The molecule has 0 aromatic rings. The van der Waals surface area contributed by atoms with Crippen LogP contribution in [0.3, 0.4) is 0 Å². The van der Waals surface area contributed by atoms with Crippen molar-refractivity contribution in [2.75, 3.05) is 6.61 Å². The van der Waals surface area contributed by atoms with Crippen LogP contribution in [0.4, 0.5) is 0 Å². The van der Waals surface area contributed by atoms with E-state index in [0.717, 1.165) is 50.7 Å². The zero-order valence-electron chi connectivity index (χ0n) is 28.6. The van der Waals surface area contributed by atoms with E-state index in [-0.39, 0.29) is 35.9 Å². The number of ether oxygens (including phenoxy) is 4. The summed E-state index contributed by atoms with van der Waals surface area (Å²) < 4.78 is 27.5. The van der Waals surface area contributed by atoms with Crippen LogP contribution in [0, 0.1) is 53.3 Å². The number of nitrogens with zero attached hydrogens (tertiary/aromatic N) is 1. The Hall–Kier alpha value is -0.850. The van der Waals surface area contributed by atoms with Crippen LogP contribution in [-0.4, -0.2) is 59.9 Å². The van der Waals surface area contributed by atoms with Gasteiger partial charge in [0.05, 0.1) is 11.8 Å². The molecule has 0 amide bonds. The highest BCUT2D eigenvalue weighted by Gasteiger charge is 2.71. The summed E-state index contributed by atoms with van der Waals surface area (Å²) in [6.07, 6.45) is 9.69. The van der Waals surface area contributed by atoms with E-state index in [4.69, 9.17) is 48.5 Å². The lowest BCUT2D eigenvalue weighted by Crippen LogP contribution is -2.71. The first-order chi connectivity index (χ1) is 22.1. The quantitative estimate of drug-likeness (QED) is 0.179. The largest absolute Gasteiger partial charge is 0.395 e. The topological polar surface area (TPSA) is 95.4 Å². The third-order valence-corrected chi connectivity index (χ3v) is 14.4. The van der Waals surface area contributed by atoms with Gasteiger partial charge in [-0.1, -0.05) is 32.9 Å². The zero-order valence-corrected chi connectivity index (χ0v) is 28.6. The number of fused-ring (bicyclic) bond motifs is 4. The molecule has 11 fully saturated rings. The second-order valence-corrected chi connectivity index (χ2v) is 17.3. The third kappa shape index (κ3) is 4.53. The average Bonchev–Trinajstić information content (AvgIpc) is 3.89. The van der Waals surface area contributed by atoms with Crippen molar-refractivity contribution < 1.29 is 43.3 Å². The van der Waals surface area contributed by atoms with E-state index < -0.39 is 35.4 Å². The summed E-state index contributed by atoms with van der Waals surface area (Å²) in [7, 11) is 0. The predicted octanol–water partition coefficient (Wildman–Crippen LogP) is 6.66. The van der Waals surface area contributed by atoms with Gasteiger partial charge < -0.3 is 23.8 Å². The second kappa shape index (κ2) is 10.8. The minimum Gasteiger partial charge on any atom is -0.395 e. The first-order valence-electron chi connectivity index (χ1n) is 18.6. The van der Waals surface area contributed by atoms with Crippen LogP contribution in [0.2, 0.25) is 0 Å². The molecule has 2 spiro atoms. The molecule has 8 saturated heterocycles. The molecule has 0 unspecified atom stereocenters. The highest BCUT2D eigenvalue weighted by molar-refractivity contribution is 5.89. The van der Waals surface area contributed by atoms with Crippen LogP contribution in [0.25, 0.3) is 0 Å². The van der Waals surface area contributed by atoms with Crippen molar-refractivity contribution in [2.45, 2.75) is 160 Å². The summed E-state index contributed by atoms with van der Waals surface area (Å²) in [5, 5.41) is 4.93. The van der Waals surface area contributed by atoms with Crippen molar-refractivity contribution in [1.29, 1.82) is 0 Å². The Morgan fingerprint density at radius 3 is 1.80 bits per heavy atom. The van der Waals surface area contributed by atoms with Crippen molar-refractivity contribution in [3.63, 3.8) is 0 Å². The fourth-order valence-electron chi connectivity index (χ4n) is 11.4. The molecule has 10 heteroatoms. The van der Waals surface area contributed by atoms with E-state index in [0.29, 0.717) is 42.6 Å². The first kappa shape index (κ1) is 31.2. The van der Waals surface area contributed by atoms with Gasteiger partial charge in [-0.3, -0.25) is 0 Å². The molecule has 8 aliphatic heterocycles. The Labute approximate surface area is 273 Å². The van der Waals surface area contributed by atoms with Gasteiger partial charge in [-0.2, -0.15) is 0 Å². The molecule has 4 bridgehead atoms. The molecule has 16 atom stereocenters. The Bertz CT molecular complexity index is 1230. The molecule has 11 aliphatic rings. The molecule has 3 aliphatic carbocycles. The van der Waals surface area contributed by atoms with Gasteiger partial charge in [0.2, 0.25) is 11.6 Å². The fourth-order valence-corrected chi connectivity index (χ4v) is 11.4. The van der Waals surface area contributed by atoms with Gasteiger partial charge >= 0.3 is 0 Å². The van der Waals surface area contributed by atoms with Crippen LogP contribution >= 0.6 is 0 Å². The Balaban J connectivity index is 1.04. The van der Waals surface area contributed by atoms with Crippen LogP contribution in [-0.2, 0) is 43.3 Å². The van der Waals surface area contributed by atoms with E-state index in [1.165, 1.54) is 19.3 Å². The lowest BCUT2D eigenvalue weighted by molar-refractivity contribution is -0.571. The molecule has 0 aromatic heterocycles. The molecule has 3 saturated carbocycles. The maximum absolute atomic E-state index is 7.09. The van der Waals surface area contributed by atoms with E-state index in [9.17, 15) is 0 Å². The minimum absolute atomic E-state index is 0.126. The summed E-state index contributed by atoms with van der Waals surface area (Å²) in [6, 6.07) is 0. The van der Waals surface area contributed by atoms with Crippen LogP contribution in [0.5, 0.6) is 0 Å². The number of oxime groups is 1. The Kier molecular flexibility index (Phi) is 7.33. The lowest BCUT2D eigenvalue weighted by atomic mass is 9.56. The Morgan fingerprint density at radius 2 is 1.22 bits per heavy atom. The minimum atomic E-state index is -0.819. The molecule has 11 rings (SSSR count). The van der Waals surface area contributed by atoms with Gasteiger partial charge in [-0.15, -0.1) is 0 Å². The molecule has 8 heterocycles. The number of rotatable bonds is 6. The summed E-state index contributed by atoms with van der Waals surface area (Å²) in [6.45, 7) is 14.0. The van der Waals surface area contributed by atoms with Crippen LogP contribution in [0.1, 0.15) is 112 Å². The van der Waals surface area contributed by atoms with Crippen molar-refractivity contribution >= 4 is 5.71 Å². The summed E-state index contributed by atoms with van der Waals surface area (Å²) in [4.78, 5) is 31.2. The van der Waals surface area contributed by atoms with Gasteiger partial charge in [0.15, 0.2) is 23.8 Å². The molecular formula is C36H55NO9. The number of hydrogen-bond acceptors (Lipinski definition) is 10. The second-order valence-electron chi connectivity index (χ2n) is 17.3. The molecule has 10 nitrogen and oxygen atoms in total. The van der Waals surface area contributed by atoms with Gasteiger partial charge in [0.25, 0.3) is 0 Å². The molecular weight excluding hydrogens is 590 g/mol. The first-order valence-corrected chi connectivity index (χ1v) is 18.6. The van der Waals surface area contributed by atoms with Crippen LogP contribution < -0.4 is 0 Å². The predicted molar refractivity (Wildman–Crippen MR) is 164 cm³/mol. The van der Waals surface area contributed by atoms with Gasteiger partial charge in [0.1, 0.15) is 12.7 Å². The molecule has 258 valence electrons. The van der Waals surface area contributed by atoms with Crippen molar-refractivity contribution in [1.82, 2.24) is 0 Å². The molecule has 0 radical (unpaired) electrons. The standard InChI is InChI=1S/C36H55NO9/c1-19-7-11-26-21(3)29(39-31-35(26)24(19)13-15-33(5,41-31)43-45-35)17-28(37-38-18-23-9-10-23)30-22(4)27-12-8-20(2)25-14-16-34(6)42-32(40-30)36(25,27)46-44-34/h19-27,29-32H,7-18H2,1-6H3/b37-28-/t19-,20-,21-,22-,24+,25+,26+,27+,29-,30+,31-,32-,33-,34-,35-,36-/m1/s1. The fraction of sp³-hybridized carbons (Fsp3) is 0.972. The highest BCUT2D eigenvalue weighted by Crippen LogP contribution is 2.63. The summed E-state index contributed by atoms with van der Waals surface area (Å²) in [5.41, 5.74) is -0.291. The van der Waals surface area contributed by atoms with Crippen molar-refractivity contribution in [3.8, 4) is 0 Å². The van der Waals surface area contributed by atoms with Crippen molar-refractivity contribution in [3.05, 3.63) is 0 Å². The van der Waals surface area contributed by atoms with E-state index in [1.54, 1.807) is 0 Å². The third-order valence-electron chi connectivity index (χ3n) is 14.4. The maximum Gasteiger partial charge on any atom is 0.201 e. The van der Waals surface area contributed by atoms with E-state index in [2.05, 4.69) is 27.7 Å². The van der Waals surface area contributed by atoms with E-state index >= 15 is 0 Å². The smallest absolute Gasteiger partial charge is 0.201 e.